The first-order chi connectivity index (χ1) is 14.7. The summed E-state index contributed by atoms with van der Waals surface area (Å²) in [5.74, 6) is 0. The van der Waals surface area contributed by atoms with Crippen LogP contribution in [0.4, 0.5) is 0 Å². The molecule has 0 fully saturated rings. The van der Waals surface area contributed by atoms with Gasteiger partial charge in [0, 0.05) is 5.41 Å². The molecule has 0 saturated carbocycles. The van der Waals surface area contributed by atoms with Gasteiger partial charge in [-0.05, 0) is 58.2 Å². The zero-order valence-electron chi connectivity index (χ0n) is 21.6. The molecule has 4 heteroatoms. The molecule has 0 saturated heterocycles. The van der Waals surface area contributed by atoms with E-state index in [1.165, 1.54) is 61.2 Å². The Morgan fingerprint density at radius 1 is 0.486 bits per heavy atom. The monoisotopic (exact) mass is 558 g/mol. The Bertz CT molecular complexity index is 1080. The van der Waals surface area contributed by atoms with Gasteiger partial charge in [-0.2, -0.15) is 11.6 Å². The standard InChI is InChI=1S/C31H33.3ClH.Ti/c1-20-11-21(2)15-27(14-20)31(30-10-8-9-26(30)7,28-16-22(3)12-23(4)17-28)29-18-24(5)13-25(6)19-29;;;;/h8-19H,1-7H3;3*1H;/q-1;;;;+4/p-3. The minimum absolute atomic E-state index is 0. The number of aryl methyl sites for hydroxylation is 7. The molecule has 4 aromatic rings. The van der Waals surface area contributed by atoms with Gasteiger partial charge >= 0.3 is 21.7 Å². The van der Waals surface area contributed by atoms with Crippen molar-refractivity contribution in [2.45, 2.75) is 53.9 Å². The molecule has 0 atom stereocenters. The summed E-state index contributed by atoms with van der Waals surface area (Å²) >= 11 is 0. The molecule has 0 bridgehead atoms. The molecule has 0 nitrogen and oxygen atoms in total. The second kappa shape index (κ2) is 13.2. The van der Waals surface area contributed by atoms with Crippen molar-refractivity contribution in [3.8, 4) is 0 Å². The first-order valence-electron chi connectivity index (χ1n) is 11.2. The van der Waals surface area contributed by atoms with Gasteiger partial charge in [0.25, 0.3) is 0 Å². The first-order valence-corrected chi connectivity index (χ1v) is 11.2. The Hall–Kier alpha value is -1.41. The van der Waals surface area contributed by atoms with Crippen molar-refractivity contribution < 1.29 is 58.9 Å². The SMILES string of the molecule is Cc1cc(C)cc(C(c2cc(C)cc(C)c2)(c2cc(C)cc(C)c2)[c-]2cccc2C)c1.[Cl-].[Cl-].[Cl-].[Ti+4]. The van der Waals surface area contributed by atoms with Crippen LogP contribution >= 0.6 is 0 Å². The number of benzene rings is 3. The Kier molecular flexibility index (Phi) is 12.7. The van der Waals surface area contributed by atoms with E-state index < -0.39 is 0 Å². The Labute approximate surface area is 245 Å². The van der Waals surface area contributed by atoms with E-state index in [-0.39, 0.29) is 64.4 Å². The molecule has 35 heavy (non-hydrogen) atoms. The molecule has 0 aliphatic carbocycles. The molecular weight excluding hydrogens is 527 g/mol. The summed E-state index contributed by atoms with van der Waals surface area (Å²) in [6, 6.07) is 27.9. The maximum absolute atomic E-state index is 2.38. The van der Waals surface area contributed by atoms with Crippen molar-refractivity contribution in [2.24, 2.45) is 0 Å². The largest absolute Gasteiger partial charge is 4.00 e. The van der Waals surface area contributed by atoms with Crippen LogP contribution in [0.3, 0.4) is 0 Å². The predicted molar refractivity (Wildman–Crippen MR) is 134 cm³/mol. The number of hydrogen-bond acceptors (Lipinski definition) is 0. The van der Waals surface area contributed by atoms with Crippen LogP contribution in [0.5, 0.6) is 0 Å². The number of hydrogen-bond donors (Lipinski definition) is 0. The smallest absolute Gasteiger partial charge is 1.00 e. The topological polar surface area (TPSA) is 0 Å². The summed E-state index contributed by atoms with van der Waals surface area (Å²) in [5, 5.41) is 0. The van der Waals surface area contributed by atoms with Gasteiger partial charge in [0.1, 0.15) is 0 Å². The minimum atomic E-state index is -0.363. The zero-order valence-corrected chi connectivity index (χ0v) is 25.4. The van der Waals surface area contributed by atoms with E-state index in [2.05, 4.69) is 121 Å². The summed E-state index contributed by atoms with van der Waals surface area (Å²) < 4.78 is 0. The quantitative estimate of drug-likeness (QED) is 0.170. The third-order valence-electron chi connectivity index (χ3n) is 6.40. The van der Waals surface area contributed by atoms with Crippen molar-refractivity contribution in [1.29, 1.82) is 0 Å². The van der Waals surface area contributed by atoms with E-state index in [9.17, 15) is 0 Å². The summed E-state index contributed by atoms with van der Waals surface area (Å²) in [5.41, 5.74) is 14.2. The van der Waals surface area contributed by atoms with E-state index in [1.807, 2.05) is 0 Å². The predicted octanol–water partition coefficient (Wildman–Crippen LogP) is -1.04. The third kappa shape index (κ3) is 6.48. The fourth-order valence-corrected chi connectivity index (χ4v) is 5.47. The van der Waals surface area contributed by atoms with E-state index in [0.717, 1.165) is 0 Å². The van der Waals surface area contributed by atoms with Crippen molar-refractivity contribution >= 4 is 0 Å². The molecule has 0 unspecified atom stereocenters. The first kappa shape index (κ1) is 33.6. The van der Waals surface area contributed by atoms with Crippen LogP contribution in [0.25, 0.3) is 0 Å². The number of halogens is 3. The second-order valence-electron chi connectivity index (χ2n) is 9.50. The molecule has 4 aromatic carbocycles. The van der Waals surface area contributed by atoms with Crippen LogP contribution < -0.4 is 37.2 Å². The van der Waals surface area contributed by atoms with Crippen LogP contribution in [-0.4, -0.2) is 0 Å². The van der Waals surface area contributed by atoms with Crippen LogP contribution in [-0.2, 0) is 27.1 Å². The van der Waals surface area contributed by atoms with Crippen LogP contribution in [0, 0.1) is 48.5 Å². The molecule has 0 heterocycles. The van der Waals surface area contributed by atoms with E-state index in [0.29, 0.717) is 0 Å². The van der Waals surface area contributed by atoms with Crippen LogP contribution in [0.1, 0.15) is 61.2 Å². The molecule has 0 radical (unpaired) electrons. The third-order valence-corrected chi connectivity index (χ3v) is 6.40. The Balaban J connectivity index is 0.00000289. The average molecular weight is 560 g/mol. The van der Waals surface area contributed by atoms with Gasteiger partial charge in [0.15, 0.2) is 0 Å². The molecule has 0 aromatic heterocycles. The summed E-state index contributed by atoms with van der Waals surface area (Å²) in [6.45, 7) is 15.5. The van der Waals surface area contributed by atoms with Gasteiger partial charge in [-0.1, -0.05) is 94.9 Å². The average Bonchev–Trinajstić information content (AvgIpc) is 3.06. The van der Waals surface area contributed by atoms with Gasteiger partial charge in [-0.25, -0.2) is 12.1 Å². The minimum Gasteiger partial charge on any atom is -1.00 e. The summed E-state index contributed by atoms with van der Waals surface area (Å²) in [6.07, 6.45) is 0. The number of rotatable bonds is 4. The van der Waals surface area contributed by atoms with E-state index in [4.69, 9.17) is 0 Å². The fraction of sp³-hybridized carbons (Fsp3) is 0.258. The normalized spacial score (nSPS) is 10.4. The van der Waals surface area contributed by atoms with Gasteiger partial charge < -0.3 is 37.2 Å². The van der Waals surface area contributed by atoms with Crippen molar-refractivity contribution in [2.75, 3.05) is 0 Å². The molecule has 0 aliphatic rings. The molecule has 0 N–H and O–H groups in total. The van der Waals surface area contributed by atoms with Crippen LogP contribution in [0.2, 0.25) is 0 Å². The summed E-state index contributed by atoms with van der Waals surface area (Å²) in [4.78, 5) is 0. The molecule has 4 rings (SSSR count). The van der Waals surface area contributed by atoms with Crippen molar-refractivity contribution in [3.63, 3.8) is 0 Å². The molecule has 0 spiro atoms. The van der Waals surface area contributed by atoms with Gasteiger partial charge in [0.2, 0.25) is 0 Å². The Morgan fingerprint density at radius 3 is 1.00 bits per heavy atom. The molecule has 182 valence electrons. The summed E-state index contributed by atoms with van der Waals surface area (Å²) in [7, 11) is 0. The van der Waals surface area contributed by atoms with Gasteiger partial charge in [-0.15, -0.1) is 5.56 Å². The molecule has 0 aliphatic heterocycles. The van der Waals surface area contributed by atoms with Crippen molar-refractivity contribution in [3.05, 3.63) is 134 Å². The fourth-order valence-electron chi connectivity index (χ4n) is 5.47. The van der Waals surface area contributed by atoms with E-state index >= 15 is 0 Å². The second-order valence-corrected chi connectivity index (χ2v) is 9.50. The van der Waals surface area contributed by atoms with E-state index in [1.54, 1.807) is 0 Å². The van der Waals surface area contributed by atoms with Crippen molar-refractivity contribution in [1.82, 2.24) is 0 Å². The van der Waals surface area contributed by atoms with Gasteiger partial charge in [0.05, 0.1) is 0 Å². The van der Waals surface area contributed by atoms with Gasteiger partial charge in [-0.3, -0.25) is 0 Å². The Morgan fingerprint density at radius 2 is 0.771 bits per heavy atom. The maximum atomic E-state index is 2.38. The molecule has 0 amide bonds. The molecular formula is C31H33Cl3Ti. The zero-order chi connectivity index (χ0) is 22.3. The van der Waals surface area contributed by atoms with Crippen LogP contribution in [0.15, 0.2) is 72.8 Å². The maximum Gasteiger partial charge on any atom is 4.00 e.